The molecule has 0 atom stereocenters. The first-order valence-electron chi connectivity index (χ1n) is 8.34. The Hall–Kier alpha value is -2.95. The van der Waals surface area contributed by atoms with Crippen molar-refractivity contribution in [1.82, 2.24) is 14.9 Å². The van der Waals surface area contributed by atoms with Crippen molar-refractivity contribution in [1.29, 1.82) is 0 Å². The maximum Gasteiger partial charge on any atom is 0.272 e. The zero-order chi connectivity index (χ0) is 18.0. The predicted molar refractivity (Wildman–Crippen MR) is 98.8 cm³/mol. The predicted octanol–water partition coefficient (Wildman–Crippen LogP) is 2.96. The molecule has 25 heavy (non-hydrogen) atoms. The lowest BCUT2D eigenvalue weighted by Crippen LogP contribution is -2.25. The molecular weight excluding hydrogens is 314 g/mol. The van der Waals surface area contributed by atoms with Crippen LogP contribution in [-0.4, -0.2) is 15.5 Å². The van der Waals surface area contributed by atoms with E-state index in [4.69, 9.17) is 0 Å². The van der Waals surface area contributed by atoms with Crippen LogP contribution in [0.5, 0.6) is 0 Å². The molecule has 0 aliphatic rings. The van der Waals surface area contributed by atoms with Gasteiger partial charge in [0.15, 0.2) is 0 Å². The monoisotopic (exact) mass is 335 g/mol. The number of amides is 1. The number of nitrogens with zero attached hydrogens (tertiary/aromatic N) is 2. The van der Waals surface area contributed by atoms with Gasteiger partial charge in [0.25, 0.3) is 11.5 Å². The van der Waals surface area contributed by atoms with Gasteiger partial charge >= 0.3 is 0 Å². The Bertz CT molecular complexity index is 1010. The number of fused-ring (bicyclic) bond motifs is 1. The summed E-state index contributed by atoms with van der Waals surface area (Å²) >= 11 is 0. The summed E-state index contributed by atoms with van der Waals surface area (Å²) in [4.78, 5) is 28.9. The van der Waals surface area contributed by atoms with Crippen molar-refractivity contribution in [3.63, 3.8) is 0 Å². The van der Waals surface area contributed by atoms with Gasteiger partial charge in [-0.05, 0) is 44.5 Å². The highest BCUT2D eigenvalue weighted by Gasteiger charge is 2.11. The first-order chi connectivity index (χ1) is 12.0. The molecule has 0 unspecified atom stereocenters. The standard InChI is InChI=1S/C20H21N3O2/c1-4-23-18-9-8-16(11-17(18)22-14(3)20(23)25)19(24)21-12-15-7-5-6-13(2)10-15/h5-11H,4,12H2,1-3H3,(H,21,24). The molecule has 3 rings (SSSR count). The van der Waals surface area contributed by atoms with Crippen molar-refractivity contribution in [2.45, 2.75) is 33.9 Å². The number of carbonyl (C=O) groups is 1. The molecule has 1 heterocycles. The molecule has 0 fully saturated rings. The summed E-state index contributed by atoms with van der Waals surface area (Å²) in [6.07, 6.45) is 0. The molecule has 0 aliphatic heterocycles. The molecule has 1 aromatic heterocycles. The third-order valence-corrected chi connectivity index (χ3v) is 4.22. The largest absolute Gasteiger partial charge is 0.348 e. The van der Waals surface area contributed by atoms with Gasteiger partial charge in [0.1, 0.15) is 5.69 Å². The summed E-state index contributed by atoms with van der Waals surface area (Å²) in [5.74, 6) is -0.155. The van der Waals surface area contributed by atoms with E-state index in [1.807, 2.05) is 38.1 Å². The molecule has 0 spiro atoms. The van der Waals surface area contributed by atoms with Crippen molar-refractivity contribution < 1.29 is 4.79 Å². The highest BCUT2D eigenvalue weighted by atomic mass is 16.1. The molecule has 0 saturated heterocycles. The quantitative estimate of drug-likeness (QED) is 0.797. The van der Waals surface area contributed by atoms with Crippen LogP contribution >= 0.6 is 0 Å². The van der Waals surface area contributed by atoms with Gasteiger partial charge in [0, 0.05) is 18.7 Å². The van der Waals surface area contributed by atoms with Crippen molar-refractivity contribution in [3.05, 3.63) is 75.2 Å². The minimum absolute atomic E-state index is 0.0911. The molecule has 2 aromatic carbocycles. The maximum atomic E-state index is 12.4. The van der Waals surface area contributed by atoms with Crippen LogP contribution in [-0.2, 0) is 13.1 Å². The van der Waals surface area contributed by atoms with E-state index >= 15 is 0 Å². The Kier molecular flexibility index (Phi) is 4.65. The number of hydrogen-bond donors (Lipinski definition) is 1. The Labute approximate surface area is 146 Å². The van der Waals surface area contributed by atoms with Crippen LogP contribution in [0.25, 0.3) is 11.0 Å². The molecule has 0 bridgehead atoms. The van der Waals surface area contributed by atoms with Crippen LogP contribution in [0, 0.1) is 13.8 Å². The number of benzene rings is 2. The SMILES string of the molecule is CCn1c(=O)c(C)nc2cc(C(=O)NCc3cccc(C)c3)ccc21. The Balaban J connectivity index is 1.87. The molecule has 0 saturated carbocycles. The second-order valence-electron chi connectivity index (χ2n) is 6.12. The third-order valence-electron chi connectivity index (χ3n) is 4.22. The fraction of sp³-hybridized carbons (Fsp3) is 0.250. The Morgan fingerprint density at radius 2 is 1.96 bits per heavy atom. The number of aromatic nitrogens is 2. The smallest absolute Gasteiger partial charge is 0.272 e. The number of nitrogens with one attached hydrogen (secondary N) is 1. The van der Waals surface area contributed by atoms with Gasteiger partial charge in [0.05, 0.1) is 11.0 Å². The fourth-order valence-electron chi connectivity index (χ4n) is 2.94. The van der Waals surface area contributed by atoms with Crippen LogP contribution in [0.1, 0.15) is 34.1 Å². The van der Waals surface area contributed by atoms with Gasteiger partial charge in [-0.2, -0.15) is 0 Å². The molecule has 5 heteroatoms. The summed E-state index contributed by atoms with van der Waals surface area (Å²) in [6.45, 7) is 6.67. The highest BCUT2D eigenvalue weighted by Crippen LogP contribution is 2.14. The van der Waals surface area contributed by atoms with E-state index in [9.17, 15) is 9.59 Å². The van der Waals surface area contributed by atoms with Crippen LogP contribution in [0.2, 0.25) is 0 Å². The van der Waals surface area contributed by atoms with Gasteiger partial charge in [-0.3, -0.25) is 9.59 Å². The molecule has 0 aliphatic carbocycles. The first kappa shape index (κ1) is 16.9. The first-order valence-corrected chi connectivity index (χ1v) is 8.34. The molecule has 0 radical (unpaired) electrons. The van der Waals surface area contributed by atoms with Crippen LogP contribution in [0.3, 0.4) is 0 Å². The minimum Gasteiger partial charge on any atom is -0.348 e. The van der Waals surface area contributed by atoms with Crippen LogP contribution in [0.15, 0.2) is 47.3 Å². The molecule has 1 N–H and O–H groups in total. The lowest BCUT2D eigenvalue weighted by molar-refractivity contribution is 0.0951. The van der Waals surface area contributed by atoms with Gasteiger partial charge in [-0.25, -0.2) is 4.98 Å². The Morgan fingerprint density at radius 3 is 2.68 bits per heavy atom. The zero-order valence-electron chi connectivity index (χ0n) is 14.7. The summed E-state index contributed by atoms with van der Waals surface area (Å²) < 4.78 is 1.67. The van der Waals surface area contributed by atoms with Gasteiger partial charge in [-0.1, -0.05) is 29.8 Å². The van der Waals surface area contributed by atoms with E-state index in [0.29, 0.717) is 29.9 Å². The van der Waals surface area contributed by atoms with Crippen molar-refractivity contribution in [2.75, 3.05) is 0 Å². The van der Waals surface area contributed by atoms with Gasteiger partial charge in [0.2, 0.25) is 0 Å². The van der Waals surface area contributed by atoms with E-state index in [2.05, 4.69) is 10.3 Å². The molecule has 5 nitrogen and oxygen atoms in total. The number of aryl methyl sites for hydroxylation is 3. The third kappa shape index (κ3) is 3.45. The van der Waals surface area contributed by atoms with Gasteiger partial charge < -0.3 is 9.88 Å². The van der Waals surface area contributed by atoms with Crippen molar-refractivity contribution in [2.24, 2.45) is 0 Å². The van der Waals surface area contributed by atoms with E-state index in [0.717, 1.165) is 16.6 Å². The zero-order valence-corrected chi connectivity index (χ0v) is 14.7. The summed E-state index contributed by atoms with van der Waals surface area (Å²) in [5.41, 5.74) is 4.50. The van der Waals surface area contributed by atoms with E-state index in [1.54, 1.807) is 29.7 Å². The number of rotatable bonds is 4. The Morgan fingerprint density at radius 1 is 1.16 bits per heavy atom. The second kappa shape index (κ2) is 6.89. The lowest BCUT2D eigenvalue weighted by Gasteiger charge is -2.10. The molecular formula is C20H21N3O2. The number of hydrogen-bond acceptors (Lipinski definition) is 3. The molecule has 1 amide bonds. The van der Waals surface area contributed by atoms with Gasteiger partial charge in [-0.15, -0.1) is 0 Å². The van der Waals surface area contributed by atoms with E-state index in [-0.39, 0.29) is 11.5 Å². The molecule has 3 aromatic rings. The van der Waals surface area contributed by atoms with Crippen LogP contribution < -0.4 is 10.9 Å². The minimum atomic E-state index is -0.155. The summed E-state index contributed by atoms with van der Waals surface area (Å²) in [5, 5.41) is 2.93. The van der Waals surface area contributed by atoms with Crippen LogP contribution in [0.4, 0.5) is 0 Å². The summed E-state index contributed by atoms with van der Waals surface area (Å²) in [7, 11) is 0. The summed E-state index contributed by atoms with van der Waals surface area (Å²) in [6, 6.07) is 13.3. The number of carbonyl (C=O) groups excluding carboxylic acids is 1. The van der Waals surface area contributed by atoms with Crippen molar-refractivity contribution in [3.8, 4) is 0 Å². The van der Waals surface area contributed by atoms with E-state index < -0.39 is 0 Å². The lowest BCUT2D eigenvalue weighted by atomic mass is 10.1. The normalized spacial score (nSPS) is 10.8. The fourth-order valence-corrected chi connectivity index (χ4v) is 2.94. The average Bonchev–Trinajstić information content (AvgIpc) is 2.60. The van der Waals surface area contributed by atoms with E-state index in [1.165, 1.54) is 0 Å². The maximum absolute atomic E-state index is 12.4. The highest BCUT2D eigenvalue weighted by molar-refractivity contribution is 5.97. The van der Waals surface area contributed by atoms with Crippen molar-refractivity contribution >= 4 is 16.9 Å². The average molecular weight is 335 g/mol. The molecule has 128 valence electrons. The second-order valence-corrected chi connectivity index (χ2v) is 6.12. The topological polar surface area (TPSA) is 64.0 Å².